The molecule has 8 heteroatoms. The van der Waals surface area contributed by atoms with Gasteiger partial charge < -0.3 is 14.8 Å². The molecule has 0 aliphatic carbocycles. The lowest BCUT2D eigenvalue weighted by atomic mass is 10.2. The van der Waals surface area contributed by atoms with Crippen molar-refractivity contribution in [1.82, 2.24) is 19.9 Å². The van der Waals surface area contributed by atoms with E-state index in [2.05, 4.69) is 20.3 Å². The highest BCUT2D eigenvalue weighted by Gasteiger charge is 2.12. The first-order valence-corrected chi connectivity index (χ1v) is 10.2. The molecule has 0 spiro atoms. The average Bonchev–Trinajstić information content (AvgIpc) is 3.17. The highest BCUT2D eigenvalue weighted by atomic mass is 32.1. The lowest BCUT2D eigenvalue weighted by Crippen LogP contribution is -1.98. The van der Waals surface area contributed by atoms with Crippen molar-refractivity contribution < 1.29 is 9.47 Å². The molecule has 4 aromatic heterocycles. The van der Waals surface area contributed by atoms with Gasteiger partial charge in [-0.3, -0.25) is 4.98 Å². The number of pyridine rings is 3. The molecule has 4 rings (SSSR count). The number of rotatable bonds is 6. The highest BCUT2D eigenvalue weighted by Crippen LogP contribution is 2.32. The number of hydrogen-bond acceptors (Lipinski definition) is 8. The van der Waals surface area contributed by atoms with Crippen LogP contribution in [0.15, 0.2) is 48.9 Å². The predicted molar refractivity (Wildman–Crippen MR) is 117 cm³/mol. The van der Waals surface area contributed by atoms with Crippen LogP contribution in [0.5, 0.6) is 11.6 Å². The van der Waals surface area contributed by atoms with Crippen LogP contribution in [0.4, 0.5) is 10.8 Å². The number of aromatic nitrogens is 4. The summed E-state index contributed by atoms with van der Waals surface area (Å²) in [5.74, 6) is 1.06. The zero-order chi connectivity index (χ0) is 20.6. The Labute approximate surface area is 173 Å². The molecule has 1 N–H and O–H groups in total. The van der Waals surface area contributed by atoms with E-state index >= 15 is 0 Å². The number of nitrogens with zero attached hydrogens (tertiary/aromatic N) is 4. The summed E-state index contributed by atoms with van der Waals surface area (Å²) in [4.78, 5) is 18.6. The highest BCUT2D eigenvalue weighted by molar-refractivity contribution is 7.21. The standard InChI is InChI=1S/C19H17N5O2S.C2H6/c1-3-26-17-16(25-2)9-12(10-21-17)14-6-7-15-18(23-14)27-19(24-15)22-13-5-4-8-20-11-13;1-2/h4-11H,3H2,1-2H3,(H,22,24);1-2H3. The summed E-state index contributed by atoms with van der Waals surface area (Å²) in [7, 11) is 1.60. The fourth-order valence-electron chi connectivity index (χ4n) is 2.55. The maximum Gasteiger partial charge on any atom is 0.256 e. The fraction of sp³-hybridized carbons (Fsp3) is 0.238. The second-order valence-corrected chi connectivity index (χ2v) is 6.55. The number of ether oxygens (including phenoxy) is 2. The number of nitrogens with one attached hydrogen (secondary N) is 1. The molecular weight excluding hydrogens is 386 g/mol. The molecule has 0 saturated carbocycles. The van der Waals surface area contributed by atoms with Crippen LogP contribution in [0, 0.1) is 0 Å². The number of methoxy groups -OCH3 is 1. The molecule has 0 aliphatic rings. The van der Waals surface area contributed by atoms with Gasteiger partial charge in [0.2, 0.25) is 0 Å². The van der Waals surface area contributed by atoms with E-state index in [-0.39, 0.29) is 0 Å². The van der Waals surface area contributed by atoms with Gasteiger partial charge in [-0.1, -0.05) is 25.2 Å². The lowest BCUT2D eigenvalue weighted by Gasteiger charge is -2.09. The molecule has 150 valence electrons. The molecule has 0 unspecified atom stereocenters. The quantitative estimate of drug-likeness (QED) is 0.461. The first kappa shape index (κ1) is 20.5. The van der Waals surface area contributed by atoms with E-state index in [9.17, 15) is 0 Å². The average molecular weight is 410 g/mol. The van der Waals surface area contributed by atoms with E-state index in [1.807, 2.05) is 51.1 Å². The van der Waals surface area contributed by atoms with E-state index < -0.39 is 0 Å². The third-order valence-corrected chi connectivity index (χ3v) is 4.66. The Bertz CT molecular complexity index is 1070. The van der Waals surface area contributed by atoms with Crippen LogP contribution in [-0.4, -0.2) is 33.7 Å². The summed E-state index contributed by atoms with van der Waals surface area (Å²) in [6, 6.07) is 9.56. The summed E-state index contributed by atoms with van der Waals surface area (Å²) < 4.78 is 10.8. The van der Waals surface area contributed by atoms with Gasteiger partial charge in [0.1, 0.15) is 10.3 Å². The van der Waals surface area contributed by atoms with Crippen molar-refractivity contribution in [3.63, 3.8) is 0 Å². The third kappa shape index (κ3) is 4.78. The minimum atomic E-state index is 0.477. The number of fused-ring (bicyclic) bond motifs is 1. The van der Waals surface area contributed by atoms with Gasteiger partial charge in [-0.25, -0.2) is 15.0 Å². The topological polar surface area (TPSA) is 82.1 Å². The van der Waals surface area contributed by atoms with E-state index in [1.165, 1.54) is 11.3 Å². The normalized spacial score (nSPS) is 10.2. The Hall–Kier alpha value is -3.26. The molecule has 0 radical (unpaired) electrons. The van der Waals surface area contributed by atoms with Gasteiger partial charge in [0, 0.05) is 18.0 Å². The zero-order valence-electron chi connectivity index (χ0n) is 16.8. The Balaban J connectivity index is 0.00000117. The number of hydrogen-bond donors (Lipinski definition) is 1. The molecule has 0 amide bonds. The summed E-state index contributed by atoms with van der Waals surface area (Å²) in [6.45, 7) is 6.44. The van der Waals surface area contributed by atoms with Crippen LogP contribution in [0.1, 0.15) is 20.8 Å². The van der Waals surface area contributed by atoms with Gasteiger partial charge in [-0.05, 0) is 37.3 Å². The van der Waals surface area contributed by atoms with Gasteiger partial charge in [0.25, 0.3) is 5.88 Å². The minimum absolute atomic E-state index is 0.477. The van der Waals surface area contributed by atoms with Crippen LogP contribution in [-0.2, 0) is 0 Å². The molecule has 0 aromatic carbocycles. The number of anilines is 2. The van der Waals surface area contributed by atoms with E-state index in [0.29, 0.717) is 18.2 Å². The molecule has 29 heavy (non-hydrogen) atoms. The molecule has 0 saturated heterocycles. The molecule has 4 aromatic rings. The van der Waals surface area contributed by atoms with Crippen LogP contribution < -0.4 is 14.8 Å². The van der Waals surface area contributed by atoms with Crippen LogP contribution in [0.25, 0.3) is 21.6 Å². The van der Waals surface area contributed by atoms with Crippen LogP contribution in [0.2, 0.25) is 0 Å². The molecule has 4 heterocycles. The van der Waals surface area contributed by atoms with Crippen molar-refractivity contribution in [1.29, 1.82) is 0 Å². The predicted octanol–water partition coefficient (Wildman–Crippen LogP) is 5.33. The van der Waals surface area contributed by atoms with Crippen molar-refractivity contribution in [2.45, 2.75) is 20.8 Å². The van der Waals surface area contributed by atoms with Gasteiger partial charge in [-0.2, -0.15) is 0 Å². The van der Waals surface area contributed by atoms with Crippen molar-refractivity contribution in [3.05, 3.63) is 48.9 Å². The number of thiazole rings is 1. The van der Waals surface area contributed by atoms with Gasteiger partial charge in [0.15, 0.2) is 10.9 Å². The van der Waals surface area contributed by atoms with E-state index in [4.69, 9.17) is 14.5 Å². The zero-order valence-corrected chi connectivity index (χ0v) is 17.7. The van der Waals surface area contributed by atoms with Crippen molar-refractivity contribution >= 4 is 32.5 Å². The Morgan fingerprint density at radius 1 is 1.10 bits per heavy atom. The lowest BCUT2D eigenvalue weighted by molar-refractivity contribution is 0.298. The maximum atomic E-state index is 5.47. The Morgan fingerprint density at radius 3 is 2.69 bits per heavy atom. The third-order valence-electron chi connectivity index (χ3n) is 3.78. The first-order valence-electron chi connectivity index (χ1n) is 9.38. The monoisotopic (exact) mass is 409 g/mol. The first-order chi connectivity index (χ1) is 14.3. The van der Waals surface area contributed by atoms with Crippen molar-refractivity contribution in [3.8, 4) is 22.9 Å². The summed E-state index contributed by atoms with van der Waals surface area (Å²) in [5.41, 5.74) is 3.37. The van der Waals surface area contributed by atoms with Crippen molar-refractivity contribution in [2.75, 3.05) is 19.0 Å². The fourth-order valence-corrected chi connectivity index (χ4v) is 3.41. The van der Waals surface area contributed by atoms with Gasteiger partial charge >= 0.3 is 0 Å². The smallest absolute Gasteiger partial charge is 0.256 e. The minimum Gasteiger partial charge on any atom is -0.491 e. The molecule has 0 bridgehead atoms. The molecular formula is C21H23N5O2S. The van der Waals surface area contributed by atoms with Gasteiger partial charge in [0.05, 0.1) is 31.3 Å². The van der Waals surface area contributed by atoms with E-state index in [0.717, 1.165) is 32.4 Å². The van der Waals surface area contributed by atoms with Crippen LogP contribution in [0.3, 0.4) is 0 Å². The second kappa shape index (κ2) is 9.79. The Morgan fingerprint density at radius 2 is 1.97 bits per heavy atom. The summed E-state index contributed by atoms with van der Waals surface area (Å²) in [6.07, 6.45) is 5.22. The Kier molecular flexibility index (Phi) is 6.91. The SMILES string of the molecule is CC.CCOc1ncc(-c2ccc3nc(Nc4cccnc4)sc3n2)cc1OC. The largest absolute Gasteiger partial charge is 0.491 e. The maximum absolute atomic E-state index is 5.47. The molecule has 0 atom stereocenters. The summed E-state index contributed by atoms with van der Waals surface area (Å²) in [5, 5.41) is 4.02. The van der Waals surface area contributed by atoms with Gasteiger partial charge in [-0.15, -0.1) is 0 Å². The van der Waals surface area contributed by atoms with Crippen molar-refractivity contribution in [2.24, 2.45) is 0 Å². The molecule has 0 fully saturated rings. The molecule has 0 aliphatic heterocycles. The summed E-state index contributed by atoms with van der Waals surface area (Å²) >= 11 is 1.48. The van der Waals surface area contributed by atoms with E-state index in [1.54, 1.807) is 25.7 Å². The van der Waals surface area contributed by atoms with Crippen LogP contribution >= 0.6 is 11.3 Å². The second-order valence-electron chi connectivity index (χ2n) is 5.57. The molecule has 7 nitrogen and oxygen atoms in total.